The summed E-state index contributed by atoms with van der Waals surface area (Å²) in [6.07, 6.45) is 4.16. The highest BCUT2D eigenvalue weighted by Crippen LogP contribution is 2.12. The number of hydrogen-bond acceptors (Lipinski definition) is 2. The van der Waals surface area contributed by atoms with E-state index in [0.717, 1.165) is 26.4 Å². The maximum atomic E-state index is 9.35. The molecule has 0 aromatic carbocycles. The molecule has 2 N–H and O–H groups in total. The lowest BCUT2D eigenvalue weighted by Crippen LogP contribution is -2.10. The molecule has 2 nitrogen and oxygen atoms in total. The lowest BCUT2D eigenvalue weighted by atomic mass is 9.99. The Labute approximate surface area is 90.4 Å². The minimum atomic E-state index is -0.0556. The summed E-state index contributed by atoms with van der Waals surface area (Å²) in [7, 11) is 1.00. The van der Waals surface area contributed by atoms with Crippen LogP contribution in [0.2, 0.25) is 0 Å². The summed E-state index contributed by atoms with van der Waals surface area (Å²) in [6, 6.07) is 0. The second kappa shape index (κ2) is 18.7. The zero-order chi connectivity index (χ0) is 12.0. The molecule has 0 aromatic heterocycles. The molecule has 0 aliphatic heterocycles. The summed E-state index contributed by atoms with van der Waals surface area (Å²) in [5.74, 6) is 0.682. The van der Waals surface area contributed by atoms with E-state index in [1.165, 1.54) is 6.42 Å². The largest absolute Gasteiger partial charge is 0.400 e. The van der Waals surface area contributed by atoms with Crippen LogP contribution in [-0.4, -0.2) is 23.4 Å². The average molecular weight is 206 g/mol. The first-order valence-electron chi connectivity index (χ1n) is 5.83. The lowest BCUT2D eigenvalue weighted by molar-refractivity contribution is 0.134. The van der Waals surface area contributed by atoms with Gasteiger partial charge in [0.2, 0.25) is 0 Å². The third-order valence-electron chi connectivity index (χ3n) is 1.99. The minimum absolute atomic E-state index is 0.0556. The summed E-state index contributed by atoms with van der Waals surface area (Å²) in [4.78, 5) is 0. The van der Waals surface area contributed by atoms with Crippen molar-refractivity contribution in [1.82, 2.24) is 0 Å². The molecule has 0 rings (SSSR count). The molecule has 0 amide bonds. The van der Waals surface area contributed by atoms with Gasteiger partial charge in [0.1, 0.15) is 0 Å². The van der Waals surface area contributed by atoms with Crippen LogP contribution in [0.3, 0.4) is 0 Å². The van der Waals surface area contributed by atoms with Gasteiger partial charge in [-0.05, 0) is 18.8 Å². The van der Waals surface area contributed by atoms with E-state index in [2.05, 4.69) is 20.8 Å². The Hall–Kier alpha value is -0.0800. The van der Waals surface area contributed by atoms with Crippen LogP contribution < -0.4 is 0 Å². The molecule has 0 fully saturated rings. The van der Waals surface area contributed by atoms with Gasteiger partial charge in [0, 0.05) is 7.11 Å². The zero-order valence-electron chi connectivity index (χ0n) is 10.9. The van der Waals surface area contributed by atoms with Crippen LogP contribution in [0.25, 0.3) is 0 Å². The van der Waals surface area contributed by atoms with Crippen molar-refractivity contribution in [1.29, 1.82) is 0 Å². The van der Waals surface area contributed by atoms with Crippen LogP contribution in [0.1, 0.15) is 60.3 Å². The van der Waals surface area contributed by atoms with Gasteiger partial charge in [0.25, 0.3) is 0 Å². The zero-order valence-corrected chi connectivity index (χ0v) is 10.9. The van der Waals surface area contributed by atoms with Crippen LogP contribution in [0, 0.1) is 5.92 Å². The molecular weight excluding hydrogens is 176 g/mol. The molecule has 0 aliphatic carbocycles. The van der Waals surface area contributed by atoms with Crippen molar-refractivity contribution in [3.8, 4) is 0 Å². The molecule has 0 saturated heterocycles. The van der Waals surface area contributed by atoms with E-state index < -0.39 is 0 Å². The highest BCUT2D eigenvalue weighted by Gasteiger charge is 2.06. The second-order valence-corrected chi connectivity index (χ2v) is 3.19. The van der Waals surface area contributed by atoms with E-state index in [1.54, 1.807) is 0 Å². The number of hydrogen-bond donors (Lipinski definition) is 2. The van der Waals surface area contributed by atoms with Crippen LogP contribution in [0.15, 0.2) is 0 Å². The van der Waals surface area contributed by atoms with Gasteiger partial charge < -0.3 is 10.2 Å². The molecule has 0 aliphatic rings. The third kappa shape index (κ3) is 17.9. The Morgan fingerprint density at radius 2 is 1.50 bits per heavy atom. The van der Waals surface area contributed by atoms with Crippen molar-refractivity contribution in [2.24, 2.45) is 5.92 Å². The highest BCUT2D eigenvalue weighted by molar-refractivity contribution is 4.59. The molecular formula is C12H30O2. The first-order chi connectivity index (χ1) is 6.70. The Morgan fingerprint density at radius 1 is 1.07 bits per heavy atom. The van der Waals surface area contributed by atoms with Crippen LogP contribution in [0.4, 0.5) is 0 Å². The molecule has 0 aromatic rings. The number of aliphatic hydroxyl groups excluding tert-OH is 2. The molecule has 0 spiro atoms. The van der Waals surface area contributed by atoms with Crippen LogP contribution in [-0.2, 0) is 0 Å². The van der Waals surface area contributed by atoms with Gasteiger partial charge in [0.05, 0.1) is 6.10 Å². The number of aliphatic hydroxyl groups is 2. The minimum Gasteiger partial charge on any atom is -0.400 e. The maximum absolute atomic E-state index is 9.35. The fraction of sp³-hybridized carbons (Fsp3) is 1.00. The smallest absolute Gasteiger partial charge is 0.0542 e. The van der Waals surface area contributed by atoms with Crippen LogP contribution >= 0.6 is 0 Å². The average Bonchev–Trinajstić information content (AvgIpc) is 2.24. The quantitative estimate of drug-likeness (QED) is 0.725. The first kappa shape index (κ1) is 19.5. The molecule has 0 radical (unpaired) electrons. The summed E-state index contributed by atoms with van der Waals surface area (Å²) in [5, 5.41) is 16.4. The van der Waals surface area contributed by atoms with Crippen molar-refractivity contribution >= 4 is 0 Å². The molecule has 2 heteroatoms. The second-order valence-electron chi connectivity index (χ2n) is 3.19. The van der Waals surface area contributed by atoms with E-state index in [1.807, 2.05) is 13.8 Å². The van der Waals surface area contributed by atoms with E-state index >= 15 is 0 Å². The Balaban J connectivity index is -0.000000266. The normalized spacial score (nSPS) is 12.9. The maximum Gasteiger partial charge on any atom is 0.0542 e. The lowest BCUT2D eigenvalue weighted by Gasteiger charge is -2.13. The summed E-state index contributed by atoms with van der Waals surface area (Å²) >= 11 is 0. The molecule has 0 saturated carbocycles. The predicted octanol–water partition coefficient (Wildman–Crippen LogP) is 3.22. The van der Waals surface area contributed by atoms with Gasteiger partial charge >= 0.3 is 0 Å². The SMILES string of the molecule is CC.CCCC(O)CC(C)CC.CO. The fourth-order valence-electron chi connectivity index (χ4n) is 1.08. The Morgan fingerprint density at radius 3 is 1.79 bits per heavy atom. The van der Waals surface area contributed by atoms with Gasteiger partial charge in [-0.2, -0.15) is 0 Å². The van der Waals surface area contributed by atoms with Crippen molar-refractivity contribution in [3.63, 3.8) is 0 Å². The van der Waals surface area contributed by atoms with Crippen molar-refractivity contribution in [2.45, 2.75) is 66.4 Å². The first-order valence-corrected chi connectivity index (χ1v) is 5.83. The molecule has 0 heterocycles. The van der Waals surface area contributed by atoms with Gasteiger partial charge in [-0.25, -0.2) is 0 Å². The van der Waals surface area contributed by atoms with Crippen molar-refractivity contribution in [2.75, 3.05) is 7.11 Å². The standard InChI is InChI=1S/C9H20O.C2H6.CH4O/c1-4-6-9(10)7-8(3)5-2;2*1-2/h8-10H,4-7H2,1-3H3;1-2H3;2H,1H3. The topological polar surface area (TPSA) is 40.5 Å². The van der Waals surface area contributed by atoms with Crippen LogP contribution in [0.5, 0.6) is 0 Å². The van der Waals surface area contributed by atoms with Crippen molar-refractivity contribution in [3.05, 3.63) is 0 Å². The monoisotopic (exact) mass is 206 g/mol. The van der Waals surface area contributed by atoms with Crippen molar-refractivity contribution < 1.29 is 10.2 Å². The molecule has 2 atom stereocenters. The van der Waals surface area contributed by atoms with Gasteiger partial charge in [-0.15, -0.1) is 0 Å². The highest BCUT2D eigenvalue weighted by atomic mass is 16.3. The fourth-order valence-corrected chi connectivity index (χ4v) is 1.08. The molecule has 90 valence electrons. The van der Waals surface area contributed by atoms with Gasteiger partial charge in [-0.3, -0.25) is 0 Å². The summed E-state index contributed by atoms with van der Waals surface area (Å²) in [6.45, 7) is 10.5. The summed E-state index contributed by atoms with van der Waals surface area (Å²) in [5.41, 5.74) is 0. The third-order valence-corrected chi connectivity index (χ3v) is 1.99. The molecule has 2 unspecified atom stereocenters. The summed E-state index contributed by atoms with van der Waals surface area (Å²) < 4.78 is 0. The van der Waals surface area contributed by atoms with Gasteiger partial charge in [-0.1, -0.05) is 47.5 Å². The van der Waals surface area contributed by atoms with E-state index in [4.69, 9.17) is 5.11 Å². The Bertz CT molecular complexity index is 74.7. The van der Waals surface area contributed by atoms with E-state index in [0.29, 0.717) is 5.92 Å². The molecule has 0 bridgehead atoms. The van der Waals surface area contributed by atoms with E-state index in [-0.39, 0.29) is 6.10 Å². The molecule has 14 heavy (non-hydrogen) atoms. The Kier molecular flexibility index (Phi) is 26.0. The van der Waals surface area contributed by atoms with E-state index in [9.17, 15) is 5.11 Å². The van der Waals surface area contributed by atoms with Gasteiger partial charge in [0.15, 0.2) is 0 Å². The predicted molar refractivity (Wildman–Crippen MR) is 64.5 cm³/mol. The number of rotatable bonds is 5.